The zero-order valence-corrected chi connectivity index (χ0v) is 12.5. The predicted octanol–water partition coefficient (Wildman–Crippen LogP) is 3.32. The molecule has 3 nitrogen and oxygen atoms in total. The Kier molecular flexibility index (Phi) is 5.22. The summed E-state index contributed by atoms with van der Waals surface area (Å²) in [5, 5.41) is 3.21. The number of halogens is 1. The summed E-state index contributed by atoms with van der Waals surface area (Å²) in [5.74, 6) is -0.368. The molecule has 2 aromatic carbocycles. The molecule has 0 atom stereocenters. The van der Waals surface area contributed by atoms with E-state index >= 15 is 0 Å². The summed E-state index contributed by atoms with van der Waals surface area (Å²) in [6.45, 7) is 2.32. The second kappa shape index (κ2) is 7.13. The van der Waals surface area contributed by atoms with Crippen LogP contribution in [0.5, 0.6) is 0 Å². The minimum absolute atomic E-state index is 0.220. The van der Waals surface area contributed by atoms with E-state index in [1.807, 2.05) is 37.3 Å². The van der Waals surface area contributed by atoms with Gasteiger partial charge in [-0.3, -0.25) is 4.79 Å². The van der Waals surface area contributed by atoms with E-state index in [0.717, 1.165) is 16.1 Å². The van der Waals surface area contributed by atoms with Gasteiger partial charge in [0, 0.05) is 22.7 Å². The van der Waals surface area contributed by atoms with Crippen molar-refractivity contribution in [2.24, 2.45) is 5.73 Å². The monoisotopic (exact) mass is 304 g/mol. The SMILES string of the molecule is Cc1ccc(F)c(CNc2ccccc2SCC(N)=O)c1. The minimum atomic E-state index is -0.362. The van der Waals surface area contributed by atoms with E-state index in [2.05, 4.69) is 5.32 Å². The Hall–Kier alpha value is -2.01. The Balaban J connectivity index is 2.09. The summed E-state index contributed by atoms with van der Waals surface area (Å²) >= 11 is 1.37. The van der Waals surface area contributed by atoms with Crippen LogP contribution < -0.4 is 11.1 Å². The highest BCUT2D eigenvalue weighted by Gasteiger charge is 2.06. The van der Waals surface area contributed by atoms with Gasteiger partial charge in [-0.1, -0.05) is 29.8 Å². The van der Waals surface area contributed by atoms with E-state index in [9.17, 15) is 9.18 Å². The quantitative estimate of drug-likeness (QED) is 0.805. The van der Waals surface area contributed by atoms with Crippen LogP contribution in [0.4, 0.5) is 10.1 Å². The van der Waals surface area contributed by atoms with Gasteiger partial charge in [-0.05, 0) is 25.1 Å². The number of nitrogens with two attached hydrogens (primary N) is 1. The standard InChI is InChI=1S/C16H17FN2OS/c1-11-6-7-13(17)12(8-11)9-19-14-4-2-3-5-15(14)21-10-16(18)20/h2-8,19H,9-10H2,1H3,(H2,18,20). The maximum Gasteiger partial charge on any atom is 0.227 e. The van der Waals surface area contributed by atoms with Crippen molar-refractivity contribution < 1.29 is 9.18 Å². The number of benzene rings is 2. The summed E-state index contributed by atoms with van der Waals surface area (Å²) < 4.78 is 13.7. The van der Waals surface area contributed by atoms with E-state index in [-0.39, 0.29) is 17.5 Å². The Bertz CT molecular complexity index is 646. The van der Waals surface area contributed by atoms with Crippen molar-refractivity contribution in [3.8, 4) is 0 Å². The summed E-state index contributed by atoms with van der Waals surface area (Å²) in [7, 11) is 0. The molecule has 5 heteroatoms. The van der Waals surface area contributed by atoms with Crippen molar-refractivity contribution >= 4 is 23.4 Å². The molecule has 0 aliphatic carbocycles. The third-order valence-electron chi connectivity index (χ3n) is 2.93. The molecule has 0 saturated carbocycles. The molecule has 0 bridgehead atoms. The molecule has 0 radical (unpaired) electrons. The molecular formula is C16H17FN2OS. The van der Waals surface area contributed by atoms with Crippen LogP contribution in [-0.4, -0.2) is 11.7 Å². The Labute approximate surface area is 127 Å². The van der Waals surface area contributed by atoms with E-state index < -0.39 is 0 Å². The minimum Gasteiger partial charge on any atom is -0.380 e. The van der Waals surface area contributed by atoms with Crippen LogP contribution >= 0.6 is 11.8 Å². The first-order chi connectivity index (χ1) is 10.1. The van der Waals surface area contributed by atoms with Crippen LogP contribution in [0.25, 0.3) is 0 Å². The van der Waals surface area contributed by atoms with Crippen molar-refractivity contribution in [2.45, 2.75) is 18.4 Å². The van der Waals surface area contributed by atoms with Crippen molar-refractivity contribution in [1.29, 1.82) is 0 Å². The number of nitrogens with one attached hydrogen (secondary N) is 1. The number of carbonyl (C=O) groups excluding carboxylic acids is 1. The van der Waals surface area contributed by atoms with Gasteiger partial charge < -0.3 is 11.1 Å². The maximum atomic E-state index is 13.7. The topological polar surface area (TPSA) is 55.1 Å². The predicted molar refractivity (Wildman–Crippen MR) is 84.8 cm³/mol. The number of hydrogen-bond donors (Lipinski definition) is 2. The van der Waals surface area contributed by atoms with Gasteiger partial charge in [0.1, 0.15) is 5.82 Å². The lowest BCUT2D eigenvalue weighted by Gasteiger charge is -2.12. The fraction of sp³-hybridized carbons (Fsp3) is 0.188. The van der Waals surface area contributed by atoms with Crippen molar-refractivity contribution in [3.63, 3.8) is 0 Å². The highest BCUT2D eigenvalue weighted by molar-refractivity contribution is 8.00. The number of anilines is 1. The van der Waals surface area contributed by atoms with Gasteiger partial charge in [0.15, 0.2) is 0 Å². The molecule has 0 fully saturated rings. The first-order valence-electron chi connectivity index (χ1n) is 6.55. The fourth-order valence-electron chi connectivity index (χ4n) is 1.92. The molecule has 0 aliphatic rings. The number of aryl methyl sites for hydroxylation is 1. The number of primary amides is 1. The Morgan fingerprint density at radius 3 is 2.81 bits per heavy atom. The van der Waals surface area contributed by atoms with Crippen molar-refractivity contribution in [1.82, 2.24) is 0 Å². The van der Waals surface area contributed by atoms with Gasteiger partial charge in [-0.15, -0.1) is 11.8 Å². The molecule has 0 aliphatic heterocycles. The van der Waals surface area contributed by atoms with Gasteiger partial charge in [-0.25, -0.2) is 4.39 Å². The lowest BCUT2D eigenvalue weighted by Crippen LogP contribution is -2.13. The fourth-order valence-corrected chi connectivity index (χ4v) is 2.69. The lowest BCUT2D eigenvalue weighted by molar-refractivity contribution is -0.115. The zero-order chi connectivity index (χ0) is 15.2. The molecule has 110 valence electrons. The number of para-hydroxylation sites is 1. The molecule has 0 heterocycles. The molecule has 0 aromatic heterocycles. The molecular weight excluding hydrogens is 287 g/mol. The zero-order valence-electron chi connectivity index (χ0n) is 11.7. The van der Waals surface area contributed by atoms with Gasteiger partial charge in [0.05, 0.1) is 5.75 Å². The molecule has 1 amide bonds. The molecule has 0 saturated heterocycles. The lowest BCUT2D eigenvalue weighted by atomic mass is 10.1. The number of amides is 1. The summed E-state index contributed by atoms with van der Waals surface area (Å²) in [6.07, 6.45) is 0. The van der Waals surface area contributed by atoms with Crippen molar-refractivity contribution in [2.75, 3.05) is 11.1 Å². The second-order valence-corrected chi connectivity index (χ2v) is 5.72. The first kappa shape index (κ1) is 15.4. The van der Waals surface area contributed by atoms with Crippen LogP contribution in [-0.2, 0) is 11.3 Å². The molecule has 21 heavy (non-hydrogen) atoms. The smallest absolute Gasteiger partial charge is 0.227 e. The summed E-state index contributed by atoms with van der Waals surface area (Å²) in [4.78, 5) is 11.8. The van der Waals surface area contributed by atoms with E-state index in [4.69, 9.17) is 5.73 Å². The van der Waals surface area contributed by atoms with Crippen LogP contribution in [0.1, 0.15) is 11.1 Å². The van der Waals surface area contributed by atoms with Gasteiger partial charge in [-0.2, -0.15) is 0 Å². The average Bonchev–Trinajstić information content (AvgIpc) is 2.47. The second-order valence-electron chi connectivity index (χ2n) is 4.70. The maximum absolute atomic E-state index is 13.7. The van der Waals surface area contributed by atoms with Crippen LogP contribution in [0.2, 0.25) is 0 Å². The van der Waals surface area contributed by atoms with Gasteiger partial charge in [0.2, 0.25) is 5.91 Å². The molecule has 3 N–H and O–H groups in total. The molecule has 2 aromatic rings. The normalized spacial score (nSPS) is 10.4. The van der Waals surface area contributed by atoms with Crippen LogP contribution in [0.15, 0.2) is 47.4 Å². The Morgan fingerprint density at radius 2 is 2.05 bits per heavy atom. The number of rotatable bonds is 6. The van der Waals surface area contributed by atoms with E-state index in [1.165, 1.54) is 17.8 Å². The third-order valence-corrected chi connectivity index (χ3v) is 4.02. The largest absolute Gasteiger partial charge is 0.380 e. The van der Waals surface area contributed by atoms with Crippen LogP contribution in [0, 0.1) is 12.7 Å². The number of hydrogen-bond acceptors (Lipinski definition) is 3. The summed E-state index contributed by atoms with van der Waals surface area (Å²) in [6, 6.07) is 12.6. The van der Waals surface area contributed by atoms with E-state index in [0.29, 0.717) is 12.1 Å². The van der Waals surface area contributed by atoms with Crippen LogP contribution in [0.3, 0.4) is 0 Å². The Morgan fingerprint density at radius 1 is 1.29 bits per heavy atom. The first-order valence-corrected chi connectivity index (χ1v) is 7.54. The highest BCUT2D eigenvalue weighted by atomic mass is 32.2. The summed E-state index contributed by atoms with van der Waals surface area (Å²) in [5.41, 5.74) is 7.66. The average molecular weight is 304 g/mol. The molecule has 0 unspecified atom stereocenters. The third kappa shape index (κ3) is 4.49. The molecule has 2 rings (SSSR count). The molecule has 0 spiro atoms. The van der Waals surface area contributed by atoms with Gasteiger partial charge >= 0.3 is 0 Å². The van der Waals surface area contributed by atoms with E-state index in [1.54, 1.807) is 6.07 Å². The van der Waals surface area contributed by atoms with Crippen molar-refractivity contribution in [3.05, 3.63) is 59.4 Å². The highest BCUT2D eigenvalue weighted by Crippen LogP contribution is 2.27. The van der Waals surface area contributed by atoms with Gasteiger partial charge in [0.25, 0.3) is 0 Å². The number of carbonyl (C=O) groups is 1. The number of thioether (sulfide) groups is 1.